The van der Waals surface area contributed by atoms with Gasteiger partial charge in [-0.3, -0.25) is 19.2 Å². The molecule has 2 heterocycles. The van der Waals surface area contributed by atoms with E-state index in [9.17, 15) is 19.2 Å². The minimum Gasteiger partial charge on any atom is -0.493 e. The van der Waals surface area contributed by atoms with Crippen LogP contribution in [-0.2, 0) is 0 Å². The molecule has 4 aromatic rings. The molecule has 8 nitrogen and oxygen atoms in total. The van der Waals surface area contributed by atoms with Crippen LogP contribution in [0.4, 0.5) is 11.4 Å². The Labute approximate surface area is 294 Å². The standard InChI is InChI=1S/C42H46N2O6/c1-11-49-31-19-29-34-33-30(40(46)43(41(47)35(31)33)37-25(21(3)4)15-13-16-26(37)22(5)6)20-32(50-12-2)36(34)42(48)44(39(29)45)38-27(23(7)8)17-14-18-28(38)24(9)10/h13-24H,11-12H2,1-10H3. The van der Waals surface area contributed by atoms with E-state index in [1.165, 1.54) is 9.80 Å². The van der Waals surface area contributed by atoms with Crippen molar-refractivity contribution in [2.24, 2.45) is 0 Å². The third-order valence-corrected chi connectivity index (χ3v) is 9.77. The molecule has 0 saturated carbocycles. The fourth-order valence-electron chi connectivity index (χ4n) is 7.48. The highest BCUT2D eigenvalue weighted by Gasteiger charge is 2.46. The molecule has 6 rings (SSSR count). The number of amides is 4. The van der Waals surface area contributed by atoms with E-state index in [1.54, 1.807) is 26.0 Å². The molecule has 0 atom stereocenters. The molecule has 4 amide bonds. The second-order valence-corrected chi connectivity index (χ2v) is 14.3. The number of carbonyl (C=O) groups is 4. The Morgan fingerprint density at radius 1 is 0.500 bits per heavy atom. The van der Waals surface area contributed by atoms with Crippen LogP contribution < -0.4 is 19.3 Å². The maximum atomic E-state index is 14.9. The van der Waals surface area contributed by atoms with Crippen LogP contribution in [0.1, 0.15) is 157 Å². The summed E-state index contributed by atoms with van der Waals surface area (Å²) in [5.41, 5.74) is 5.21. The van der Waals surface area contributed by atoms with Gasteiger partial charge in [0.05, 0.1) is 46.8 Å². The average molecular weight is 675 g/mol. The van der Waals surface area contributed by atoms with Crippen molar-refractivity contribution in [3.63, 3.8) is 0 Å². The van der Waals surface area contributed by atoms with Crippen LogP contribution in [0.5, 0.6) is 11.5 Å². The van der Waals surface area contributed by atoms with Gasteiger partial charge in [0.2, 0.25) is 0 Å². The van der Waals surface area contributed by atoms with Crippen molar-refractivity contribution in [3.05, 3.63) is 93.0 Å². The Morgan fingerprint density at radius 2 is 0.800 bits per heavy atom. The molecule has 8 heteroatoms. The summed E-state index contributed by atoms with van der Waals surface area (Å²) in [7, 11) is 0. The molecule has 0 N–H and O–H groups in total. The molecule has 2 aliphatic rings. The molecular weight excluding hydrogens is 628 g/mol. The van der Waals surface area contributed by atoms with Gasteiger partial charge in [-0.15, -0.1) is 0 Å². The number of imide groups is 2. The molecular formula is C42H46N2O6. The molecule has 0 saturated heterocycles. The van der Waals surface area contributed by atoms with Crippen LogP contribution in [0.2, 0.25) is 0 Å². The third-order valence-electron chi connectivity index (χ3n) is 9.77. The molecule has 0 bridgehead atoms. The Balaban J connectivity index is 1.72. The summed E-state index contributed by atoms with van der Waals surface area (Å²) < 4.78 is 12.3. The molecule has 0 aliphatic carbocycles. The van der Waals surface area contributed by atoms with E-state index < -0.39 is 23.6 Å². The molecule has 0 spiro atoms. The zero-order chi connectivity index (χ0) is 36.3. The summed E-state index contributed by atoms with van der Waals surface area (Å²) in [6.45, 7) is 20.3. The first-order valence-corrected chi connectivity index (χ1v) is 17.7. The van der Waals surface area contributed by atoms with Gasteiger partial charge in [-0.25, -0.2) is 9.80 Å². The Hall–Kier alpha value is -4.98. The first kappa shape index (κ1) is 34.9. The molecule has 4 aromatic carbocycles. The van der Waals surface area contributed by atoms with Gasteiger partial charge in [-0.05, 0) is 71.9 Å². The minimum atomic E-state index is -0.558. The highest BCUT2D eigenvalue weighted by Crippen LogP contribution is 2.49. The summed E-state index contributed by atoms with van der Waals surface area (Å²) in [5.74, 6) is -1.78. The SMILES string of the molecule is CCOc1cc2c3c(c(OCC)cc4c3c1C(=O)N(c1c(C(C)C)cccc1C(C)C)C4=O)C(=O)N(c1c(C(C)C)cccc1C(C)C)C2=O. The predicted molar refractivity (Wildman–Crippen MR) is 198 cm³/mol. The van der Waals surface area contributed by atoms with Gasteiger partial charge in [0, 0.05) is 10.8 Å². The van der Waals surface area contributed by atoms with Gasteiger partial charge in [-0.1, -0.05) is 91.8 Å². The van der Waals surface area contributed by atoms with Gasteiger partial charge in [-0.2, -0.15) is 0 Å². The fraction of sp³-hybridized carbons (Fsp3) is 0.381. The Kier molecular flexibility index (Phi) is 9.10. The number of hydrogen-bond acceptors (Lipinski definition) is 6. The van der Waals surface area contributed by atoms with E-state index in [-0.39, 0.29) is 81.4 Å². The minimum absolute atomic E-state index is 0.0112. The molecule has 0 fully saturated rings. The number of nitrogens with zero attached hydrogens (tertiary/aromatic N) is 2. The quantitative estimate of drug-likeness (QED) is 0.156. The maximum absolute atomic E-state index is 14.9. The van der Waals surface area contributed by atoms with Crippen molar-refractivity contribution in [2.45, 2.75) is 92.9 Å². The Bertz CT molecular complexity index is 1890. The first-order valence-electron chi connectivity index (χ1n) is 17.7. The van der Waals surface area contributed by atoms with Crippen LogP contribution in [0.15, 0.2) is 48.5 Å². The van der Waals surface area contributed by atoms with Crippen molar-refractivity contribution in [3.8, 4) is 11.5 Å². The lowest BCUT2D eigenvalue weighted by molar-refractivity contribution is 0.0868. The summed E-state index contributed by atoms with van der Waals surface area (Å²) in [6, 6.07) is 14.8. The molecule has 0 unspecified atom stereocenters. The number of carbonyl (C=O) groups excluding carboxylic acids is 4. The summed E-state index contributed by atoms with van der Waals surface area (Å²) in [4.78, 5) is 62.0. The smallest absolute Gasteiger partial charge is 0.269 e. The van der Waals surface area contributed by atoms with E-state index in [4.69, 9.17) is 9.47 Å². The zero-order valence-corrected chi connectivity index (χ0v) is 30.7. The van der Waals surface area contributed by atoms with Crippen molar-refractivity contribution >= 4 is 45.8 Å². The lowest BCUT2D eigenvalue weighted by Crippen LogP contribution is -2.45. The van der Waals surface area contributed by atoms with Crippen molar-refractivity contribution < 1.29 is 28.7 Å². The van der Waals surface area contributed by atoms with E-state index in [0.717, 1.165) is 22.3 Å². The lowest BCUT2D eigenvalue weighted by Gasteiger charge is -2.36. The van der Waals surface area contributed by atoms with E-state index in [1.807, 2.05) is 91.8 Å². The molecule has 2 aliphatic heterocycles. The van der Waals surface area contributed by atoms with Crippen LogP contribution in [0.3, 0.4) is 0 Å². The monoisotopic (exact) mass is 674 g/mol. The van der Waals surface area contributed by atoms with Crippen molar-refractivity contribution in [2.75, 3.05) is 23.0 Å². The van der Waals surface area contributed by atoms with E-state index >= 15 is 0 Å². The number of ether oxygens (including phenoxy) is 2. The molecule has 0 aromatic heterocycles. The topological polar surface area (TPSA) is 93.2 Å². The fourth-order valence-corrected chi connectivity index (χ4v) is 7.48. The molecule has 260 valence electrons. The zero-order valence-electron chi connectivity index (χ0n) is 30.7. The van der Waals surface area contributed by atoms with Gasteiger partial charge in [0.1, 0.15) is 11.5 Å². The second kappa shape index (κ2) is 13.0. The summed E-state index contributed by atoms with van der Waals surface area (Å²) in [6.07, 6.45) is 0. The van der Waals surface area contributed by atoms with Gasteiger partial charge in [0.25, 0.3) is 23.6 Å². The maximum Gasteiger partial charge on any atom is 0.269 e. The molecule has 0 radical (unpaired) electrons. The van der Waals surface area contributed by atoms with Gasteiger partial charge >= 0.3 is 0 Å². The van der Waals surface area contributed by atoms with Gasteiger partial charge < -0.3 is 9.47 Å². The van der Waals surface area contributed by atoms with Crippen molar-refractivity contribution in [1.29, 1.82) is 0 Å². The first-order chi connectivity index (χ1) is 23.8. The number of para-hydroxylation sites is 2. The van der Waals surface area contributed by atoms with E-state index in [0.29, 0.717) is 11.4 Å². The predicted octanol–water partition coefficient (Wildman–Crippen LogP) is 9.73. The van der Waals surface area contributed by atoms with Crippen LogP contribution in [-0.4, -0.2) is 36.8 Å². The Morgan fingerprint density at radius 3 is 1.06 bits per heavy atom. The van der Waals surface area contributed by atoms with E-state index in [2.05, 4.69) is 0 Å². The highest BCUT2D eigenvalue weighted by molar-refractivity contribution is 6.43. The largest absolute Gasteiger partial charge is 0.493 e. The van der Waals surface area contributed by atoms with Gasteiger partial charge in [0.15, 0.2) is 0 Å². The van der Waals surface area contributed by atoms with Crippen LogP contribution in [0.25, 0.3) is 10.8 Å². The van der Waals surface area contributed by atoms with Crippen LogP contribution >= 0.6 is 0 Å². The normalized spacial score (nSPS) is 14.4. The molecule has 50 heavy (non-hydrogen) atoms. The highest BCUT2D eigenvalue weighted by atomic mass is 16.5. The number of hydrogen-bond donors (Lipinski definition) is 0. The number of benzene rings is 4. The number of rotatable bonds is 10. The van der Waals surface area contributed by atoms with Crippen molar-refractivity contribution in [1.82, 2.24) is 0 Å². The lowest BCUT2D eigenvalue weighted by atomic mass is 9.82. The second-order valence-electron chi connectivity index (χ2n) is 14.3. The van der Waals surface area contributed by atoms with Crippen LogP contribution in [0, 0.1) is 0 Å². The number of anilines is 2. The summed E-state index contributed by atoms with van der Waals surface area (Å²) >= 11 is 0. The summed E-state index contributed by atoms with van der Waals surface area (Å²) in [5, 5.41) is 0.484. The average Bonchev–Trinajstić information content (AvgIpc) is 3.06. The third kappa shape index (κ3) is 5.19.